The number of H-pyrrole nitrogens is 1. The van der Waals surface area contributed by atoms with Crippen LogP contribution in [0.15, 0.2) is 16.5 Å². The van der Waals surface area contributed by atoms with Gasteiger partial charge in [0.15, 0.2) is 5.82 Å². The van der Waals surface area contributed by atoms with E-state index in [9.17, 15) is 9.59 Å². The number of nitrogens with zero attached hydrogens (tertiary/aromatic N) is 4. The van der Waals surface area contributed by atoms with E-state index in [1.54, 1.807) is 0 Å². The van der Waals surface area contributed by atoms with E-state index >= 15 is 0 Å². The Morgan fingerprint density at radius 1 is 1.50 bits per heavy atom. The molecule has 2 aromatic rings. The lowest BCUT2D eigenvalue weighted by atomic mass is 10.1. The van der Waals surface area contributed by atoms with Crippen LogP contribution in [-0.4, -0.2) is 56.5 Å². The summed E-state index contributed by atoms with van der Waals surface area (Å²) in [6.07, 6.45) is 0.0589. The molecule has 1 saturated heterocycles. The molecule has 3 N–H and O–H groups in total. The Labute approximate surface area is 138 Å². The second-order valence-corrected chi connectivity index (χ2v) is 5.60. The number of rotatable bonds is 6. The number of amides is 2. The van der Waals surface area contributed by atoms with E-state index in [1.165, 1.54) is 0 Å². The summed E-state index contributed by atoms with van der Waals surface area (Å²) in [5.74, 6) is 1.58. The van der Waals surface area contributed by atoms with Crippen LogP contribution in [0.3, 0.4) is 0 Å². The van der Waals surface area contributed by atoms with Crippen molar-refractivity contribution < 1.29 is 14.0 Å². The smallest absolute Gasteiger partial charge is 0.237 e. The Kier molecular flexibility index (Phi) is 4.85. The van der Waals surface area contributed by atoms with Crippen LogP contribution in [0, 0.1) is 6.92 Å². The topological polar surface area (TPSA) is 129 Å². The number of hydrogen-bond donors (Lipinski definition) is 3. The van der Waals surface area contributed by atoms with E-state index in [-0.39, 0.29) is 24.8 Å². The zero-order valence-corrected chi connectivity index (χ0v) is 13.3. The van der Waals surface area contributed by atoms with Gasteiger partial charge in [-0.2, -0.15) is 5.21 Å². The maximum Gasteiger partial charge on any atom is 0.237 e. The first kappa shape index (κ1) is 16.1. The maximum absolute atomic E-state index is 12.2. The highest BCUT2D eigenvalue weighted by molar-refractivity contribution is 5.88. The zero-order valence-electron chi connectivity index (χ0n) is 13.3. The summed E-state index contributed by atoms with van der Waals surface area (Å²) in [5, 5.41) is 18.7. The van der Waals surface area contributed by atoms with Gasteiger partial charge in [-0.1, -0.05) is 5.21 Å². The highest BCUT2D eigenvalue weighted by Gasteiger charge is 2.32. The molecule has 10 heteroatoms. The second kappa shape index (κ2) is 7.21. The first-order valence-corrected chi connectivity index (χ1v) is 7.68. The van der Waals surface area contributed by atoms with Crippen molar-refractivity contribution in [3.63, 3.8) is 0 Å². The fraction of sp³-hybridized carbons (Fsp3) is 0.500. The van der Waals surface area contributed by atoms with E-state index in [1.807, 2.05) is 24.0 Å². The minimum Gasteiger partial charge on any atom is -0.465 e. The van der Waals surface area contributed by atoms with Crippen molar-refractivity contribution in [3.8, 4) is 0 Å². The average molecular weight is 333 g/mol. The van der Waals surface area contributed by atoms with Gasteiger partial charge < -0.3 is 15.1 Å². The number of aryl methyl sites for hydroxylation is 1. The number of tetrazole rings is 1. The molecular formula is C14H19N7O3. The van der Waals surface area contributed by atoms with Crippen LogP contribution in [0.2, 0.25) is 0 Å². The molecular weight excluding hydrogens is 314 g/mol. The van der Waals surface area contributed by atoms with E-state index in [2.05, 4.69) is 31.3 Å². The average Bonchev–Trinajstić information content (AvgIpc) is 3.20. The Hall–Kier alpha value is -2.75. The number of aromatic nitrogens is 4. The Bertz CT molecular complexity index is 697. The summed E-state index contributed by atoms with van der Waals surface area (Å²) in [4.78, 5) is 26.2. The molecule has 2 amide bonds. The summed E-state index contributed by atoms with van der Waals surface area (Å²) in [6, 6.07) is 3.23. The lowest BCUT2D eigenvalue weighted by molar-refractivity contribution is -0.134. The van der Waals surface area contributed by atoms with Gasteiger partial charge in [-0.3, -0.25) is 14.5 Å². The van der Waals surface area contributed by atoms with Crippen molar-refractivity contribution in [1.82, 2.24) is 36.2 Å². The quantitative estimate of drug-likeness (QED) is 0.625. The molecule has 10 nitrogen and oxygen atoms in total. The molecule has 0 bridgehead atoms. The van der Waals surface area contributed by atoms with Gasteiger partial charge in [-0.05, 0) is 19.1 Å². The second-order valence-electron chi connectivity index (χ2n) is 5.60. The van der Waals surface area contributed by atoms with Crippen molar-refractivity contribution >= 4 is 11.8 Å². The SMILES string of the molecule is Cc1ccc(CN2CCNC(=O)C2CC(=O)NCc2nn[nH]n2)o1. The molecule has 1 fully saturated rings. The number of nitrogens with one attached hydrogen (secondary N) is 3. The van der Waals surface area contributed by atoms with Gasteiger partial charge in [-0.25, -0.2) is 0 Å². The summed E-state index contributed by atoms with van der Waals surface area (Å²) >= 11 is 0. The molecule has 3 heterocycles. The van der Waals surface area contributed by atoms with Crippen LogP contribution in [0.25, 0.3) is 0 Å². The maximum atomic E-state index is 12.2. The third kappa shape index (κ3) is 3.96. The summed E-state index contributed by atoms with van der Waals surface area (Å²) in [7, 11) is 0. The first-order valence-electron chi connectivity index (χ1n) is 7.68. The van der Waals surface area contributed by atoms with Gasteiger partial charge in [0, 0.05) is 13.1 Å². The molecule has 0 saturated carbocycles. The van der Waals surface area contributed by atoms with Crippen LogP contribution in [-0.2, 0) is 22.7 Å². The molecule has 1 atom stereocenters. The Morgan fingerprint density at radius 3 is 3.08 bits per heavy atom. The summed E-state index contributed by atoms with van der Waals surface area (Å²) in [6.45, 7) is 3.74. The standard InChI is InChI=1S/C14H19N7O3/c1-9-2-3-10(24-9)8-21-5-4-15-14(23)11(21)6-13(22)16-7-12-17-19-20-18-12/h2-3,11H,4-8H2,1H3,(H,15,23)(H,16,22)(H,17,18,19,20). The molecule has 1 unspecified atom stereocenters. The van der Waals surface area contributed by atoms with Gasteiger partial charge in [-0.15, -0.1) is 10.2 Å². The van der Waals surface area contributed by atoms with Crippen LogP contribution in [0.4, 0.5) is 0 Å². The molecule has 0 spiro atoms. The number of furan rings is 1. The molecule has 3 rings (SSSR count). The molecule has 0 aromatic carbocycles. The van der Waals surface area contributed by atoms with Crippen molar-refractivity contribution in [2.75, 3.05) is 13.1 Å². The van der Waals surface area contributed by atoms with Crippen molar-refractivity contribution in [3.05, 3.63) is 29.5 Å². The van der Waals surface area contributed by atoms with Crippen molar-refractivity contribution in [1.29, 1.82) is 0 Å². The number of aromatic amines is 1. The number of carbonyl (C=O) groups excluding carboxylic acids is 2. The predicted molar refractivity (Wildman–Crippen MR) is 81.3 cm³/mol. The normalized spacial score (nSPS) is 18.4. The van der Waals surface area contributed by atoms with Gasteiger partial charge in [0.05, 0.1) is 25.6 Å². The number of piperazine rings is 1. The highest BCUT2D eigenvalue weighted by atomic mass is 16.3. The van der Waals surface area contributed by atoms with Crippen LogP contribution < -0.4 is 10.6 Å². The van der Waals surface area contributed by atoms with Crippen LogP contribution >= 0.6 is 0 Å². The van der Waals surface area contributed by atoms with Gasteiger partial charge in [0.1, 0.15) is 11.5 Å². The van der Waals surface area contributed by atoms with E-state index in [0.717, 1.165) is 11.5 Å². The first-order chi connectivity index (χ1) is 11.6. The molecule has 24 heavy (non-hydrogen) atoms. The summed E-state index contributed by atoms with van der Waals surface area (Å²) in [5.41, 5.74) is 0. The Balaban J connectivity index is 1.59. The monoisotopic (exact) mass is 333 g/mol. The molecule has 2 aromatic heterocycles. The van der Waals surface area contributed by atoms with Crippen molar-refractivity contribution in [2.24, 2.45) is 0 Å². The minimum atomic E-state index is -0.533. The molecule has 1 aliphatic heterocycles. The molecule has 0 aliphatic carbocycles. The Morgan fingerprint density at radius 2 is 2.38 bits per heavy atom. The lowest BCUT2D eigenvalue weighted by Crippen LogP contribution is -2.56. The lowest BCUT2D eigenvalue weighted by Gasteiger charge is -2.34. The third-order valence-electron chi connectivity index (χ3n) is 3.81. The van der Waals surface area contributed by atoms with Crippen LogP contribution in [0.1, 0.15) is 23.8 Å². The van der Waals surface area contributed by atoms with Gasteiger partial charge >= 0.3 is 0 Å². The van der Waals surface area contributed by atoms with E-state index in [0.29, 0.717) is 25.5 Å². The van der Waals surface area contributed by atoms with Crippen molar-refractivity contribution in [2.45, 2.75) is 32.5 Å². The highest BCUT2D eigenvalue weighted by Crippen LogP contribution is 2.15. The van der Waals surface area contributed by atoms with E-state index < -0.39 is 6.04 Å². The predicted octanol–water partition coefficient (Wildman–Crippen LogP) is -0.892. The zero-order chi connectivity index (χ0) is 16.9. The molecule has 1 aliphatic rings. The van der Waals surface area contributed by atoms with Gasteiger partial charge in [0.25, 0.3) is 0 Å². The largest absolute Gasteiger partial charge is 0.465 e. The minimum absolute atomic E-state index is 0.0589. The third-order valence-corrected chi connectivity index (χ3v) is 3.81. The fourth-order valence-corrected chi connectivity index (χ4v) is 2.63. The number of carbonyl (C=O) groups is 2. The summed E-state index contributed by atoms with van der Waals surface area (Å²) < 4.78 is 5.57. The van der Waals surface area contributed by atoms with E-state index in [4.69, 9.17) is 4.42 Å². The fourth-order valence-electron chi connectivity index (χ4n) is 2.63. The van der Waals surface area contributed by atoms with Gasteiger partial charge in [0.2, 0.25) is 11.8 Å². The van der Waals surface area contributed by atoms with Crippen LogP contribution in [0.5, 0.6) is 0 Å². The number of hydrogen-bond acceptors (Lipinski definition) is 7. The molecule has 128 valence electrons. The molecule has 0 radical (unpaired) electrons.